The number of hydrogen-bond acceptors (Lipinski definition) is 5. The Kier molecular flexibility index (Phi) is 5.25. The maximum absolute atomic E-state index is 13.6. The lowest BCUT2D eigenvalue weighted by atomic mass is 9.91. The van der Waals surface area contributed by atoms with Gasteiger partial charge in [-0.1, -0.05) is 5.16 Å². The number of alkyl halides is 3. The first kappa shape index (κ1) is 20.4. The highest BCUT2D eigenvalue weighted by atomic mass is 19.4. The third kappa shape index (κ3) is 3.90. The lowest BCUT2D eigenvalue weighted by Crippen LogP contribution is -2.38. The number of aromatic nitrogens is 4. The number of imidazole rings is 1. The number of likely N-dealkylation sites (tertiary alicyclic amines) is 1. The van der Waals surface area contributed by atoms with Gasteiger partial charge in [0.05, 0.1) is 23.0 Å². The minimum absolute atomic E-state index is 0.00849. The molecule has 1 atom stereocenters. The van der Waals surface area contributed by atoms with Crippen molar-refractivity contribution in [2.45, 2.75) is 51.2 Å². The highest BCUT2D eigenvalue weighted by molar-refractivity contribution is 5.81. The van der Waals surface area contributed by atoms with Crippen LogP contribution in [-0.2, 0) is 11.0 Å². The van der Waals surface area contributed by atoms with E-state index in [0.29, 0.717) is 38.0 Å². The maximum Gasteiger partial charge on any atom is 0.417 e. The first-order chi connectivity index (χ1) is 14.2. The Morgan fingerprint density at radius 1 is 1.33 bits per heavy atom. The number of hydrogen-bond donors (Lipinski definition) is 0. The van der Waals surface area contributed by atoms with Crippen LogP contribution in [0.2, 0.25) is 0 Å². The van der Waals surface area contributed by atoms with Crippen LogP contribution in [-0.4, -0.2) is 43.6 Å². The minimum Gasteiger partial charge on any atom is -0.343 e. The Balaban J connectivity index is 1.46. The summed E-state index contributed by atoms with van der Waals surface area (Å²) < 4.78 is 47.6. The highest BCUT2D eigenvalue weighted by Crippen LogP contribution is 2.38. The van der Waals surface area contributed by atoms with Gasteiger partial charge in [-0.2, -0.15) is 13.2 Å². The van der Waals surface area contributed by atoms with Crippen molar-refractivity contribution in [3.63, 3.8) is 0 Å². The number of rotatable bonds is 4. The minimum atomic E-state index is -4.52. The number of piperidine rings is 1. The molecule has 1 aliphatic heterocycles. The number of carbonyl (C=O) groups excluding carboxylic acids is 1. The van der Waals surface area contributed by atoms with E-state index in [2.05, 4.69) is 15.1 Å². The molecule has 1 unspecified atom stereocenters. The first-order valence-corrected chi connectivity index (χ1v) is 9.83. The van der Waals surface area contributed by atoms with Crippen molar-refractivity contribution >= 4 is 17.0 Å². The molecule has 1 saturated heterocycles. The second-order valence-corrected chi connectivity index (χ2v) is 7.76. The van der Waals surface area contributed by atoms with Crippen molar-refractivity contribution in [2.24, 2.45) is 0 Å². The summed E-state index contributed by atoms with van der Waals surface area (Å²) in [4.78, 5) is 22.7. The maximum atomic E-state index is 13.6. The van der Waals surface area contributed by atoms with E-state index in [-0.39, 0.29) is 34.7 Å². The largest absolute Gasteiger partial charge is 0.417 e. The fourth-order valence-electron chi connectivity index (χ4n) is 3.99. The number of nitrogens with zero attached hydrogens (tertiary/aromatic N) is 5. The van der Waals surface area contributed by atoms with E-state index in [1.54, 1.807) is 17.4 Å². The Morgan fingerprint density at radius 2 is 2.07 bits per heavy atom. The van der Waals surface area contributed by atoms with Crippen LogP contribution >= 0.6 is 0 Å². The fraction of sp³-hybridized carbons (Fsp3) is 0.500. The third-order valence-electron chi connectivity index (χ3n) is 5.71. The molecule has 1 aliphatic rings. The van der Waals surface area contributed by atoms with Gasteiger partial charge in [0.2, 0.25) is 5.91 Å². The van der Waals surface area contributed by atoms with Gasteiger partial charge in [-0.15, -0.1) is 0 Å². The van der Waals surface area contributed by atoms with Gasteiger partial charge in [0.25, 0.3) is 5.71 Å². The normalized spacial score (nSPS) is 16.9. The van der Waals surface area contributed by atoms with Crippen LogP contribution in [0.15, 0.2) is 29.3 Å². The molecular formula is C20H22F3N5O2. The van der Waals surface area contributed by atoms with Crippen LogP contribution in [0, 0.1) is 6.92 Å². The van der Waals surface area contributed by atoms with Crippen LogP contribution in [0.3, 0.4) is 0 Å². The number of fused-ring (bicyclic) bond motifs is 1. The molecule has 3 aromatic heterocycles. The second kappa shape index (κ2) is 7.73. The van der Waals surface area contributed by atoms with E-state index in [1.807, 2.05) is 17.7 Å². The molecule has 4 rings (SSSR count). The number of pyridine rings is 1. The number of aryl methyl sites for hydroxylation is 1. The summed E-state index contributed by atoms with van der Waals surface area (Å²) in [7, 11) is 0. The molecule has 0 N–H and O–H groups in total. The molecule has 4 heterocycles. The third-order valence-corrected chi connectivity index (χ3v) is 5.71. The van der Waals surface area contributed by atoms with E-state index in [9.17, 15) is 18.0 Å². The number of amides is 1. The summed E-state index contributed by atoms with van der Waals surface area (Å²) >= 11 is 0. The van der Waals surface area contributed by atoms with Crippen molar-refractivity contribution in [1.29, 1.82) is 0 Å². The molecule has 0 radical (unpaired) electrons. The average Bonchev–Trinajstić information content (AvgIpc) is 3.37. The van der Waals surface area contributed by atoms with Gasteiger partial charge in [-0.05, 0) is 32.8 Å². The summed E-state index contributed by atoms with van der Waals surface area (Å²) in [6.45, 7) is 4.38. The summed E-state index contributed by atoms with van der Waals surface area (Å²) in [5, 5.41) is 3.55. The van der Waals surface area contributed by atoms with Gasteiger partial charge in [0.15, 0.2) is 0 Å². The standard InChI is InChI=1S/C20H22F3N5O2/c1-12(28-8-5-24-11-28)9-17(29)27-6-3-14(4-7-27)16-10-15(20(21,22)23)18-13(2)26-30-19(18)25-16/h5,8,10-12,14H,3-4,6-7,9H2,1-2H3. The second-order valence-electron chi connectivity index (χ2n) is 7.76. The summed E-state index contributed by atoms with van der Waals surface area (Å²) in [6.07, 6.45) is 2.09. The van der Waals surface area contributed by atoms with Crippen LogP contribution < -0.4 is 0 Å². The van der Waals surface area contributed by atoms with Crippen molar-refractivity contribution in [3.8, 4) is 0 Å². The summed E-state index contributed by atoms with van der Waals surface area (Å²) in [5.41, 5.74) is -0.354. The Hall–Kier alpha value is -2.91. The Bertz CT molecular complexity index is 1040. The molecule has 3 aromatic rings. The van der Waals surface area contributed by atoms with E-state index < -0.39 is 11.7 Å². The Morgan fingerprint density at radius 3 is 2.70 bits per heavy atom. The van der Waals surface area contributed by atoms with Gasteiger partial charge in [0.1, 0.15) is 0 Å². The van der Waals surface area contributed by atoms with Crippen LogP contribution in [0.4, 0.5) is 13.2 Å². The first-order valence-electron chi connectivity index (χ1n) is 9.83. The van der Waals surface area contributed by atoms with E-state index in [1.165, 1.54) is 6.92 Å². The van der Waals surface area contributed by atoms with Crippen LogP contribution in [0.5, 0.6) is 0 Å². The molecule has 0 aromatic carbocycles. The molecule has 160 valence electrons. The molecule has 0 aliphatic carbocycles. The molecule has 10 heteroatoms. The predicted molar refractivity (Wildman–Crippen MR) is 102 cm³/mol. The highest BCUT2D eigenvalue weighted by Gasteiger charge is 2.37. The predicted octanol–water partition coefficient (Wildman–Crippen LogP) is 4.10. The summed E-state index contributed by atoms with van der Waals surface area (Å²) in [6, 6.07) is 1.10. The zero-order chi connectivity index (χ0) is 21.5. The zero-order valence-electron chi connectivity index (χ0n) is 16.7. The van der Waals surface area contributed by atoms with E-state index >= 15 is 0 Å². The molecule has 0 saturated carbocycles. The number of halogens is 3. The van der Waals surface area contributed by atoms with Crippen molar-refractivity contribution in [1.82, 2.24) is 24.6 Å². The molecule has 0 bridgehead atoms. The van der Waals surface area contributed by atoms with Gasteiger partial charge >= 0.3 is 6.18 Å². The molecular weight excluding hydrogens is 399 g/mol. The molecule has 0 spiro atoms. The van der Waals surface area contributed by atoms with Gasteiger partial charge in [-0.3, -0.25) is 4.79 Å². The quantitative estimate of drug-likeness (QED) is 0.634. The fourth-order valence-corrected chi connectivity index (χ4v) is 3.99. The van der Waals surface area contributed by atoms with Gasteiger partial charge in [0, 0.05) is 49.6 Å². The topological polar surface area (TPSA) is 77.0 Å². The van der Waals surface area contributed by atoms with E-state index in [4.69, 9.17) is 4.52 Å². The molecule has 30 heavy (non-hydrogen) atoms. The zero-order valence-corrected chi connectivity index (χ0v) is 16.7. The lowest BCUT2D eigenvalue weighted by Gasteiger charge is -2.32. The number of carbonyl (C=O) groups is 1. The molecule has 1 amide bonds. The van der Waals surface area contributed by atoms with E-state index in [0.717, 1.165) is 6.07 Å². The SMILES string of the molecule is Cc1noc2nc(C3CCN(C(=O)CC(C)n4ccnc4)CC3)cc(C(F)(F)F)c12. The molecule has 7 nitrogen and oxygen atoms in total. The van der Waals surface area contributed by atoms with Crippen molar-refractivity contribution in [2.75, 3.05) is 13.1 Å². The average molecular weight is 421 g/mol. The smallest absolute Gasteiger partial charge is 0.343 e. The van der Waals surface area contributed by atoms with Crippen molar-refractivity contribution in [3.05, 3.63) is 41.7 Å². The Labute approximate surface area is 170 Å². The van der Waals surface area contributed by atoms with Crippen LogP contribution in [0.1, 0.15) is 55.1 Å². The molecule has 1 fully saturated rings. The summed E-state index contributed by atoms with van der Waals surface area (Å²) in [5.74, 6) is -0.143. The van der Waals surface area contributed by atoms with Gasteiger partial charge in [-0.25, -0.2) is 9.97 Å². The van der Waals surface area contributed by atoms with Crippen LogP contribution in [0.25, 0.3) is 11.1 Å². The lowest BCUT2D eigenvalue weighted by molar-refractivity contribution is -0.136. The van der Waals surface area contributed by atoms with Gasteiger partial charge < -0.3 is 14.0 Å². The monoisotopic (exact) mass is 421 g/mol. The van der Waals surface area contributed by atoms with Crippen molar-refractivity contribution < 1.29 is 22.5 Å².